The summed E-state index contributed by atoms with van der Waals surface area (Å²) < 4.78 is 0. The smallest absolute Gasteiger partial charge is 0.298 e. The maximum atomic E-state index is 12.3. The fourth-order valence-corrected chi connectivity index (χ4v) is 2.79. The van der Waals surface area contributed by atoms with Crippen molar-refractivity contribution in [2.45, 2.75) is 19.8 Å². The van der Waals surface area contributed by atoms with Crippen LogP contribution in [0.4, 0.5) is 5.13 Å². The molecular weight excluding hydrogens is 300 g/mol. The molecule has 0 saturated heterocycles. The molecule has 0 aliphatic rings. The van der Waals surface area contributed by atoms with Gasteiger partial charge in [0.1, 0.15) is 5.01 Å². The van der Waals surface area contributed by atoms with Gasteiger partial charge in [-0.3, -0.25) is 14.9 Å². The second-order valence-electron chi connectivity index (χ2n) is 5.13. The van der Waals surface area contributed by atoms with E-state index >= 15 is 0 Å². The third-order valence-corrected chi connectivity index (χ3v) is 4.33. The van der Waals surface area contributed by atoms with Crippen molar-refractivity contribution in [1.82, 2.24) is 15.2 Å². The number of fused-ring (bicyclic) bond motifs is 1. The third-order valence-electron chi connectivity index (χ3n) is 3.20. The van der Waals surface area contributed by atoms with Gasteiger partial charge in [-0.25, -0.2) is 0 Å². The molecule has 0 spiro atoms. The molecular formula is C15H14N4O2S. The van der Waals surface area contributed by atoms with E-state index in [4.69, 9.17) is 0 Å². The van der Waals surface area contributed by atoms with Crippen LogP contribution in [0, 0.1) is 0 Å². The number of amides is 1. The molecule has 2 N–H and O–H groups in total. The van der Waals surface area contributed by atoms with Gasteiger partial charge in [-0.2, -0.15) is 0 Å². The number of aromatic nitrogens is 3. The van der Waals surface area contributed by atoms with Crippen LogP contribution in [0.2, 0.25) is 0 Å². The molecule has 0 saturated carbocycles. The highest BCUT2D eigenvalue weighted by atomic mass is 32.1. The number of benzene rings is 1. The van der Waals surface area contributed by atoms with Gasteiger partial charge in [-0.1, -0.05) is 43.4 Å². The predicted molar refractivity (Wildman–Crippen MR) is 85.3 cm³/mol. The predicted octanol–water partition coefficient (Wildman–Crippen LogP) is 2.96. The van der Waals surface area contributed by atoms with Gasteiger partial charge in [-0.15, -0.1) is 10.2 Å². The molecule has 1 aromatic carbocycles. The fourth-order valence-electron chi connectivity index (χ4n) is 2.05. The zero-order valence-corrected chi connectivity index (χ0v) is 12.9. The quantitative estimate of drug-likeness (QED) is 0.572. The maximum Gasteiger partial charge on any atom is 0.298 e. The Balaban J connectivity index is 1.81. The van der Waals surface area contributed by atoms with E-state index in [0.29, 0.717) is 10.7 Å². The molecule has 0 radical (unpaired) electrons. The lowest BCUT2D eigenvalue weighted by Gasteiger charge is -1.99. The molecule has 2 heterocycles. The summed E-state index contributed by atoms with van der Waals surface area (Å²) in [7, 11) is 0. The number of hydrogen-bond acceptors (Lipinski definition) is 5. The van der Waals surface area contributed by atoms with Crippen molar-refractivity contribution < 1.29 is 9.59 Å². The van der Waals surface area contributed by atoms with E-state index < -0.39 is 11.7 Å². The van der Waals surface area contributed by atoms with Crippen LogP contribution in [-0.4, -0.2) is 26.9 Å². The summed E-state index contributed by atoms with van der Waals surface area (Å²) in [6, 6.07) is 7.34. The van der Waals surface area contributed by atoms with Crippen molar-refractivity contribution in [3.8, 4) is 0 Å². The molecule has 0 aliphatic carbocycles. The summed E-state index contributed by atoms with van der Waals surface area (Å²) >= 11 is 1.27. The lowest BCUT2D eigenvalue weighted by atomic mass is 10.1. The normalized spacial score (nSPS) is 11.0. The highest BCUT2D eigenvalue weighted by molar-refractivity contribution is 7.15. The molecule has 3 aromatic rings. The molecule has 0 unspecified atom stereocenters. The number of aromatic amines is 1. The van der Waals surface area contributed by atoms with Crippen molar-refractivity contribution >= 4 is 39.1 Å². The highest BCUT2D eigenvalue weighted by Gasteiger charge is 2.21. The number of anilines is 1. The number of carbonyl (C=O) groups excluding carboxylic acids is 2. The average Bonchev–Trinajstić information content (AvgIpc) is 3.13. The van der Waals surface area contributed by atoms with Gasteiger partial charge < -0.3 is 4.98 Å². The Hall–Kier alpha value is -2.54. The van der Waals surface area contributed by atoms with E-state index in [0.717, 1.165) is 15.9 Å². The summed E-state index contributed by atoms with van der Waals surface area (Å²) in [4.78, 5) is 27.4. The van der Waals surface area contributed by atoms with Crippen molar-refractivity contribution in [3.63, 3.8) is 0 Å². The maximum absolute atomic E-state index is 12.3. The van der Waals surface area contributed by atoms with E-state index in [1.807, 2.05) is 32.0 Å². The number of nitrogens with zero attached hydrogens (tertiary/aromatic N) is 2. The Morgan fingerprint density at radius 1 is 1.23 bits per heavy atom. The van der Waals surface area contributed by atoms with E-state index in [9.17, 15) is 9.59 Å². The molecule has 0 bridgehead atoms. The number of rotatable bonds is 4. The van der Waals surface area contributed by atoms with Gasteiger partial charge in [0.05, 0.1) is 5.56 Å². The Kier molecular flexibility index (Phi) is 3.72. The number of H-pyrrole nitrogens is 1. The monoisotopic (exact) mass is 314 g/mol. The first kappa shape index (κ1) is 14.4. The Labute approximate surface area is 130 Å². The first-order chi connectivity index (χ1) is 10.6. The second-order valence-corrected chi connectivity index (χ2v) is 6.14. The fraction of sp³-hybridized carbons (Fsp3) is 0.200. The van der Waals surface area contributed by atoms with Crippen molar-refractivity contribution in [3.05, 3.63) is 41.0 Å². The zero-order chi connectivity index (χ0) is 15.7. The summed E-state index contributed by atoms with van der Waals surface area (Å²) in [5, 5.41) is 12.2. The van der Waals surface area contributed by atoms with E-state index in [2.05, 4.69) is 20.5 Å². The lowest BCUT2D eigenvalue weighted by Crippen LogP contribution is -2.22. The van der Waals surface area contributed by atoms with Crippen LogP contribution < -0.4 is 5.32 Å². The van der Waals surface area contributed by atoms with Crippen LogP contribution in [0.15, 0.2) is 30.5 Å². The number of hydrogen-bond donors (Lipinski definition) is 2. The SMILES string of the molecule is CC(C)c1nnc(NC(=O)C(=O)c2c[nH]c3ccccc23)s1. The van der Waals surface area contributed by atoms with Gasteiger partial charge in [-0.05, 0) is 6.07 Å². The molecule has 2 aromatic heterocycles. The zero-order valence-electron chi connectivity index (χ0n) is 12.1. The van der Waals surface area contributed by atoms with Crippen LogP contribution in [0.1, 0.15) is 35.1 Å². The van der Waals surface area contributed by atoms with Crippen LogP contribution in [-0.2, 0) is 4.79 Å². The van der Waals surface area contributed by atoms with E-state index in [-0.39, 0.29) is 5.92 Å². The molecule has 1 amide bonds. The minimum atomic E-state index is -0.712. The molecule has 0 fully saturated rings. The Morgan fingerprint density at radius 2 is 2.00 bits per heavy atom. The van der Waals surface area contributed by atoms with Gasteiger partial charge in [0.2, 0.25) is 5.13 Å². The van der Waals surface area contributed by atoms with Gasteiger partial charge in [0.25, 0.3) is 11.7 Å². The lowest BCUT2D eigenvalue weighted by molar-refractivity contribution is -0.112. The first-order valence-corrected chi connectivity index (χ1v) is 7.63. The van der Waals surface area contributed by atoms with Crippen molar-refractivity contribution in [1.29, 1.82) is 0 Å². The topological polar surface area (TPSA) is 87.7 Å². The Bertz CT molecular complexity index is 850. The standard InChI is InChI=1S/C15H14N4O2S/c1-8(2)14-18-19-15(22-14)17-13(21)12(20)10-7-16-11-6-4-3-5-9(10)11/h3-8,16H,1-2H3,(H,17,19,21). The van der Waals surface area contributed by atoms with Crippen LogP contribution in [0.3, 0.4) is 0 Å². The number of carbonyl (C=O) groups is 2. The average molecular weight is 314 g/mol. The molecule has 3 rings (SSSR count). The molecule has 0 atom stereocenters. The summed E-state index contributed by atoms with van der Waals surface area (Å²) in [6.45, 7) is 3.98. The largest absolute Gasteiger partial charge is 0.360 e. The van der Waals surface area contributed by atoms with Gasteiger partial charge in [0, 0.05) is 23.0 Å². The first-order valence-electron chi connectivity index (χ1n) is 6.81. The highest BCUT2D eigenvalue weighted by Crippen LogP contribution is 2.23. The third kappa shape index (κ3) is 2.62. The number of ketones is 1. The number of para-hydroxylation sites is 1. The molecule has 112 valence electrons. The summed E-state index contributed by atoms with van der Waals surface area (Å²) in [6.07, 6.45) is 1.55. The number of nitrogens with one attached hydrogen (secondary N) is 2. The van der Waals surface area contributed by atoms with E-state index in [1.54, 1.807) is 12.3 Å². The van der Waals surface area contributed by atoms with Gasteiger partial charge in [0.15, 0.2) is 0 Å². The van der Waals surface area contributed by atoms with Crippen LogP contribution in [0.5, 0.6) is 0 Å². The van der Waals surface area contributed by atoms with Gasteiger partial charge >= 0.3 is 0 Å². The molecule has 22 heavy (non-hydrogen) atoms. The minimum Gasteiger partial charge on any atom is -0.360 e. The summed E-state index contributed by atoms with van der Waals surface area (Å²) in [5.41, 5.74) is 1.17. The van der Waals surface area contributed by atoms with E-state index in [1.165, 1.54) is 11.3 Å². The van der Waals surface area contributed by atoms with Crippen molar-refractivity contribution in [2.24, 2.45) is 0 Å². The summed E-state index contributed by atoms with van der Waals surface area (Å²) in [5.74, 6) is -1.08. The van der Waals surface area contributed by atoms with Crippen LogP contribution >= 0.6 is 11.3 Å². The Morgan fingerprint density at radius 3 is 2.73 bits per heavy atom. The molecule has 0 aliphatic heterocycles. The second kappa shape index (κ2) is 5.69. The van der Waals surface area contributed by atoms with Crippen LogP contribution in [0.25, 0.3) is 10.9 Å². The minimum absolute atomic E-state index is 0.229. The van der Waals surface area contributed by atoms with Crippen molar-refractivity contribution in [2.75, 3.05) is 5.32 Å². The molecule has 7 heteroatoms. The molecule has 6 nitrogen and oxygen atoms in total. The number of Topliss-reactive ketones (excluding diaryl/α,β-unsaturated/α-hetero) is 1.